The Morgan fingerprint density at radius 1 is 1.33 bits per heavy atom. The Hall–Kier alpha value is -1.95. The number of nitrogens with two attached hydrogens (primary N) is 1. The molecule has 0 aliphatic rings. The summed E-state index contributed by atoms with van der Waals surface area (Å²) in [6, 6.07) is 7.92. The highest BCUT2D eigenvalue weighted by molar-refractivity contribution is 7.98. The van der Waals surface area contributed by atoms with Crippen LogP contribution in [0.15, 0.2) is 29.3 Å². The molecule has 0 spiro atoms. The van der Waals surface area contributed by atoms with Crippen LogP contribution in [0, 0.1) is 0 Å². The van der Waals surface area contributed by atoms with Crippen molar-refractivity contribution in [2.75, 3.05) is 12.0 Å². The highest BCUT2D eigenvalue weighted by atomic mass is 32.2. The molecule has 2 heterocycles. The molecule has 18 heavy (non-hydrogen) atoms. The van der Waals surface area contributed by atoms with Gasteiger partial charge >= 0.3 is 0 Å². The van der Waals surface area contributed by atoms with Crippen LogP contribution in [0.4, 0.5) is 5.82 Å². The summed E-state index contributed by atoms with van der Waals surface area (Å²) in [5.41, 5.74) is 8.87. The number of fused-ring (bicyclic) bond motifs is 1. The molecule has 5 nitrogen and oxygen atoms in total. The fraction of sp³-hybridized carbons (Fsp3) is 0.167. The Bertz CT molecular complexity index is 679. The third-order valence-electron chi connectivity index (χ3n) is 2.88. The average molecular weight is 259 g/mol. The molecule has 3 aromatic rings. The number of benzene rings is 1. The van der Waals surface area contributed by atoms with Crippen LogP contribution in [0.2, 0.25) is 0 Å². The van der Waals surface area contributed by atoms with Gasteiger partial charge in [-0.25, -0.2) is 4.98 Å². The van der Waals surface area contributed by atoms with E-state index in [0.717, 1.165) is 27.4 Å². The van der Waals surface area contributed by atoms with Crippen molar-refractivity contribution in [1.29, 1.82) is 0 Å². The van der Waals surface area contributed by atoms with Crippen molar-refractivity contribution in [3.05, 3.63) is 24.3 Å². The number of para-hydroxylation sites is 2. The lowest BCUT2D eigenvalue weighted by molar-refractivity contribution is 0.748. The van der Waals surface area contributed by atoms with E-state index < -0.39 is 0 Å². The van der Waals surface area contributed by atoms with Crippen LogP contribution in [0.25, 0.3) is 22.4 Å². The number of aromatic nitrogens is 4. The van der Waals surface area contributed by atoms with Gasteiger partial charge in [0.05, 0.1) is 16.6 Å². The second-order valence-electron chi connectivity index (χ2n) is 4.00. The number of hydrogen-bond acceptors (Lipinski definition) is 4. The number of imidazole rings is 1. The van der Waals surface area contributed by atoms with E-state index in [4.69, 9.17) is 5.73 Å². The number of anilines is 1. The molecule has 0 saturated carbocycles. The number of nitrogen functional groups attached to an aromatic ring is 1. The molecule has 0 fully saturated rings. The van der Waals surface area contributed by atoms with Gasteiger partial charge < -0.3 is 10.7 Å². The predicted molar refractivity (Wildman–Crippen MR) is 74.5 cm³/mol. The molecule has 6 heteroatoms. The lowest BCUT2D eigenvalue weighted by Crippen LogP contribution is -1.98. The number of nitrogens with zero attached hydrogens (tertiary/aromatic N) is 3. The van der Waals surface area contributed by atoms with Crippen LogP contribution in [-0.2, 0) is 7.05 Å². The van der Waals surface area contributed by atoms with E-state index in [1.807, 2.05) is 37.6 Å². The minimum atomic E-state index is 0.624. The van der Waals surface area contributed by atoms with Crippen LogP contribution >= 0.6 is 11.8 Å². The molecule has 3 N–H and O–H groups in total. The molecule has 0 aliphatic carbocycles. The van der Waals surface area contributed by atoms with Crippen LogP contribution in [0.1, 0.15) is 0 Å². The van der Waals surface area contributed by atoms with E-state index in [1.54, 1.807) is 16.4 Å². The van der Waals surface area contributed by atoms with Crippen molar-refractivity contribution in [3.8, 4) is 11.4 Å². The maximum absolute atomic E-state index is 6.06. The summed E-state index contributed by atoms with van der Waals surface area (Å²) in [6.07, 6.45) is 1.98. The monoisotopic (exact) mass is 259 g/mol. The molecule has 0 radical (unpaired) electrons. The van der Waals surface area contributed by atoms with E-state index in [0.29, 0.717) is 5.82 Å². The van der Waals surface area contributed by atoms with Crippen molar-refractivity contribution >= 4 is 28.6 Å². The molecule has 0 unspecified atom stereocenters. The van der Waals surface area contributed by atoms with Gasteiger partial charge in [0.15, 0.2) is 0 Å². The molecule has 0 saturated heterocycles. The first-order chi connectivity index (χ1) is 8.70. The third-order valence-corrected chi connectivity index (χ3v) is 3.55. The first-order valence-electron chi connectivity index (χ1n) is 5.52. The lowest BCUT2D eigenvalue weighted by atomic mass is 10.3. The van der Waals surface area contributed by atoms with Crippen molar-refractivity contribution < 1.29 is 0 Å². The molecule has 0 atom stereocenters. The van der Waals surface area contributed by atoms with Crippen molar-refractivity contribution in [1.82, 2.24) is 19.7 Å². The number of hydrogen-bond donors (Lipinski definition) is 2. The van der Waals surface area contributed by atoms with Crippen LogP contribution in [0.3, 0.4) is 0 Å². The number of thioether (sulfide) groups is 1. The van der Waals surface area contributed by atoms with Crippen LogP contribution in [0.5, 0.6) is 0 Å². The summed E-state index contributed by atoms with van der Waals surface area (Å²) >= 11 is 1.56. The summed E-state index contributed by atoms with van der Waals surface area (Å²) in [7, 11) is 1.83. The Morgan fingerprint density at radius 2 is 2.11 bits per heavy atom. The number of aryl methyl sites for hydroxylation is 1. The van der Waals surface area contributed by atoms with Gasteiger partial charge in [-0.3, -0.25) is 4.68 Å². The molecule has 1 aromatic carbocycles. The summed E-state index contributed by atoms with van der Waals surface area (Å²) < 4.78 is 1.67. The fourth-order valence-corrected chi connectivity index (χ4v) is 2.56. The molecule has 0 aliphatic heterocycles. The first kappa shape index (κ1) is 11.2. The lowest BCUT2D eigenvalue weighted by Gasteiger charge is -1.97. The Kier molecular flexibility index (Phi) is 2.52. The number of aromatic amines is 1. The zero-order chi connectivity index (χ0) is 12.7. The Balaban J connectivity index is 2.25. The summed E-state index contributed by atoms with van der Waals surface area (Å²) in [5.74, 6) is 1.39. The molecular formula is C12H13N5S. The first-order valence-corrected chi connectivity index (χ1v) is 6.74. The molecular weight excluding hydrogens is 246 g/mol. The summed E-state index contributed by atoms with van der Waals surface area (Å²) in [5, 5.41) is 5.25. The van der Waals surface area contributed by atoms with Crippen molar-refractivity contribution in [2.45, 2.75) is 5.03 Å². The maximum Gasteiger partial charge on any atom is 0.145 e. The van der Waals surface area contributed by atoms with Crippen molar-refractivity contribution in [2.24, 2.45) is 7.05 Å². The zero-order valence-electron chi connectivity index (χ0n) is 10.1. The molecule has 92 valence electrons. The number of nitrogens with one attached hydrogen (secondary N) is 1. The van der Waals surface area contributed by atoms with Gasteiger partial charge in [-0.05, 0) is 18.4 Å². The molecule has 3 rings (SSSR count). The van der Waals surface area contributed by atoms with Crippen LogP contribution in [-0.4, -0.2) is 26.0 Å². The van der Waals surface area contributed by atoms with Gasteiger partial charge in [-0.1, -0.05) is 12.1 Å². The van der Waals surface area contributed by atoms with Gasteiger partial charge in [0, 0.05) is 7.05 Å². The predicted octanol–water partition coefficient (Wildman–Crippen LogP) is 2.27. The van der Waals surface area contributed by atoms with E-state index in [-0.39, 0.29) is 0 Å². The van der Waals surface area contributed by atoms with Gasteiger partial charge in [0.2, 0.25) is 0 Å². The van der Waals surface area contributed by atoms with E-state index >= 15 is 0 Å². The minimum absolute atomic E-state index is 0.624. The van der Waals surface area contributed by atoms with E-state index in [9.17, 15) is 0 Å². The second kappa shape index (κ2) is 4.06. The Labute approximate surface area is 108 Å². The maximum atomic E-state index is 6.06. The summed E-state index contributed by atoms with van der Waals surface area (Å²) in [4.78, 5) is 7.85. The Morgan fingerprint density at radius 3 is 2.83 bits per heavy atom. The van der Waals surface area contributed by atoms with Gasteiger partial charge in [0.1, 0.15) is 16.7 Å². The van der Waals surface area contributed by atoms with Gasteiger partial charge in [-0.2, -0.15) is 5.10 Å². The SMILES string of the molecule is CSc1nn(C)c(N)c1-c1nc2ccccc2[nH]1. The summed E-state index contributed by atoms with van der Waals surface area (Å²) in [6.45, 7) is 0. The average Bonchev–Trinajstić information content (AvgIpc) is 2.91. The zero-order valence-corrected chi connectivity index (χ0v) is 11.0. The second-order valence-corrected chi connectivity index (χ2v) is 4.79. The minimum Gasteiger partial charge on any atom is -0.383 e. The quantitative estimate of drug-likeness (QED) is 0.692. The van der Waals surface area contributed by atoms with E-state index in [2.05, 4.69) is 15.1 Å². The normalized spacial score (nSPS) is 11.2. The third kappa shape index (κ3) is 1.57. The van der Waals surface area contributed by atoms with Crippen molar-refractivity contribution in [3.63, 3.8) is 0 Å². The topological polar surface area (TPSA) is 72.5 Å². The smallest absolute Gasteiger partial charge is 0.145 e. The molecule has 0 amide bonds. The standard InChI is InChI=1S/C12H13N5S/c1-17-10(13)9(12(16-17)18-2)11-14-7-5-3-4-6-8(7)15-11/h3-6H,13H2,1-2H3,(H,14,15). The largest absolute Gasteiger partial charge is 0.383 e. The number of H-pyrrole nitrogens is 1. The molecule has 2 aromatic heterocycles. The number of rotatable bonds is 2. The van der Waals surface area contributed by atoms with E-state index in [1.165, 1.54) is 0 Å². The van der Waals surface area contributed by atoms with Crippen LogP contribution < -0.4 is 5.73 Å². The highest BCUT2D eigenvalue weighted by Crippen LogP contribution is 2.33. The van der Waals surface area contributed by atoms with Gasteiger partial charge in [0.25, 0.3) is 0 Å². The van der Waals surface area contributed by atoms with Gasteiger partial charge in [-0.15, -0.1) is 11.8 Å². The highest BCUT2D eigenvalue weighted by Gasteiger charge is 2.18. The molecule has 0 bridgehead atoms. The fourth-order valence-electron chi connectivity index (χ4n) is 1.95.